The van der Waals surface area contributed by atoms with Crippen molar-refractivity contribution in [3.63, 3.8) is 0 Å². The van der Waals surface area contributed by atoms with Crippen LogP contribution in [0.4, 0.5) is 0 Å². The highest BCUT2D eigenvalue weighted by atomic mass is 35.5. The lowest BCUT2D eigenvalue weighted by Crippen LogP contribution is -2.32. The highest BCUT2D eigenvalue weighted by Crippen LogP contribution is 2.37. The summed E-state index contributed by atoms with van der Waals surface area (Å²) in [7, 11) is 0. The van der Waals surface area contributed by atoms with Gasteiger partial charge in [0.2, 0.25) is 0 Å². The van der Waals surface area contributed by atoms with Gasteiger partial charge in [0.05, 0.1) is 11.5 Å². The van der Waals surface area contributed by atoms with Crippen LogP contribution in [0.5, 0.6) is 0 Å². The molecule has 2 rings (SSSR count). The van der Waals surface area contributed by atoms with E-state index < -0.39 is 5.41 Å². The van der Waals surface area contributed by atoms with Crippen molar-refractivity contribution in [1.82, 2.24) is 0 Å². The quantitative estimate of drug-likeness (QED) is 0.731. The summed E-state index contributed by atoms with van der Waals surface area (Å²) in [6.45, 7) is 1.28. The van der Waals surface area contributed by atoms with Crippen LogP contribution in [0.3, 0.4) is 0 Å². The second kappa shape index (κ2) is 4.22. The van der Waals surface area contributed by atoms with Gasteiger partial charge in [0.15, 0.2) is 0 Å². The number of nitrogens with zero attached hydrogens (tertiary/aromatic N) is 1. The molecule has 15 heavy (non-hydrogen) atoms. The third-order valence-electron chi connectivity index (χ3n) is 2.95. The van der Waals surface area contributed by atoms with Crippen molar-refractivity contribution in [1.29, 1.82) is 5.26 Å². The van der Waals surface area contributed by atoms with E-state index in [1.807, 2.05) is 24.3 Å². The van der Waals surface area contributed by atoms with E-state index in [2.05, 4.69) is 6.07 Å². The fourth-order valence-corrected chi connectivity index (χ4v) is 2.33. The number of ether oxygens (including phenoxy) is 1. The predicted molar refractivity (Wildman–Crippen MR) is 58.8 cm³/mol. The Morgan fingerprint density at radius 1 is 1.27 bits per heavy atom. The molecule has 1 aromatic carbocycles. The minimum Gasteiger partial charge on any atom is -0.381 e. The van der Waals surface area contributed by atoms with Gasteiger partial charge in [0.25, 0.3) is 0 Å². The Bertz CT molecular complexity index is 391. The van der Waals surface area contributed by atoms with Gasteiger partial charge in [-0.15, -0.1) is 0 Å². The molecular weight excluding hydrogens is 210 g/mol. The number of hydrogen-bond acceptors (Lipinski definition) is 2. The van der Waals surface area contributed by atoms with E-state index in [1.54, 1.807) is 0 Å². The molecule has 3 heteroatoms. The molecule has 1 heterocycles. The van der Waals surface area contributed by atoms with Crippen molar-refractivity contribution in [3.8, 4) is 6.07 Å². The average Bonchev–Trinajstić information content (AvgIpc) is 2.30. The Morgan fingerprint density at radius 2 is 1.93 bits per heavy atom. The Kier molecular flexibility index (Phi) is 2.95. The zero-order valence-electron chi connectivity index (χ0n) is 8.37. The van der Waals surface area contributed by atoms with Gasteiger partial charge in [-0.25, -0.2) is 0 Å². The van der Waals surface area contributed by atoms with Crippen molar-refractivity contribution in [2.24, 2.45) is 0 Å². The van der Waals surface area contributed by atoms with E-state index in [9.17, 15) is 5.26 Å². The van der Waals surface area contributed by atoms with Gasteiger partial charge in [-0.1, -0.05) is 29.8 Å². The van der Waals surface area contributed by atoms with Crippen LogP contribution < -0.4 is 0 Å². The molecule has 0 atom stereocenters. The van der Waals surface area contributed by atoms with Gasteiger partial charge < -0.3 is 4.74 Å². The van der Waals surface area contributed by atoms with Crippen LogP contribution >= 0.6 is 11.6 Å². The topological polar surface area (TPSA) is 33.0 Å². The van der Waals surface area contributed by atoms with E-state index in [0.29, 0.717) is 18.2 Å². The Balaban J connectivity index is 2.42. The summed E-state index contributed by atoms with van der Waals surface area (Å²) in [6, 6.07) is 10.0. The van der Waals surface area contributed by atoms with E-state index in [1.165, 1.54) is 0 Å². The van der Waals surface area contributed by atoms with Crippen LogP contribution in [-0.4, -0.2) is 13.2 Å². The lowest BCUT2D eigenvalue weighted by Gasteiger charge is -2.31. The third kappa shape index (κ3) is 1.86. The van der Waals surface area contributed by atoms with E-state index in [4.69, 9.17) is 16.3 Å². The zero-order valence-corrected chi connectivity index (χ0v) is 9.13. The minimum atomic E-state index is -0.448. The van der Waals surface area contributed by atoms with Crippen molar-refractivity contribution >= 4 is 11.6 Å². The highest BCUT2D eigenvalue weighted by molar-refractivity contribution is 6.31. The van der Waals surface area contributed by atoms with Gasteiger partial charge in [0.1, 0.15) is 0 Å². The first-order valence-corrected chi connectivity index (χ1v) is 5.40. The fourth-order valence-electron chi connectivity index (χ4n) is 2.01. The van der Waals surface area contributed by atoms with Crippen LogP contribution in [-0.2, 0) is 10.2 Å². The number of nitriles is 1. The summed E-state index contributed by atoms with van der Waals surface area (Å²) in [4.78, 5) is 0. The minimum absolute atomic E-state index is 0.448. The summed E-state index contributed by atoms with van der Waals surface area (Å²) < 4.78 is 5.29. The van der Waals surface area contributed by atoms with Crippen molar-refractivity contribution in [3.05, 3.63) is 34.9 Å². The first kappa shape index (κ1) is 10.5. The molecule has 1 aromatic rings. The first-order chi connectivity index (χ1) is 7.28. The maximum atomic E-state index is 9.36. The summed E-state index contributed by atoms with van der Waals surface area (Å²) in [5.41, 5.74) is 0.494. The van der Waals surface area contributed by atoms with Crippen LogP contribution in [0, 0.1) is 11.3 Å². The molecule has 0 unspecified atom stereocenters. The molecule has 0 N–H and O–H groups in total. The Labute approximate surface area is 94.4 Å². The van der Waals surface area contributed by atoms with Crippen molar-refractivity contribution in [2.45, 2.75) is 18.3 Å². The lowest BCUT2D eigenvalue weighted by molar-refractivity contribution is 0.0676. The van der Waals surface area contributed by atoms with E-state index in [-0.39, 0.29) is 0 Å². The van der Waals surface area contributed by atoms with Gasteiger partial charge >= 0.3 is 0 Å². The molecule has 0 saturated carbocycles. The molecule has 1 aliphatic heterocycles. The molecule has 1 aliphatic rings. The molecule has 0 aliphatic carbocycles. The van der Waals surface area contributed by atoms with Gasteiger partial charge in [-0.3, -0.25) is 0 Å². The molecule has 78 valence electrons. The standard InChI is InChI=1S/C12H12ClNO/c13-11-4-2-1-3-10(11)12(9-14)5-7-15-8-6-12/h1-4H,5-8H2. The number of halogens is 1. The second-order valence-electron chi connectivity index (χ2n) is 3.79. The summed E-state index contributed by atoms with van der Waals surface area (Å²) in [5.74, 6) is 0. The second-order valence-corrected chi connectivity index (χ2v) is 4.19. The van der Waals surface area contributed by atoms with Crippen LogP contribution in [0.2, 0.25) is 5.02 Å². The van der Waals surface area contributed by atoms with Crippen LogP contribution in [0.25, 0.3) is 0 Å². The maximum absolute atomic E-state index is 9.36. The highest BCUT2D eigenvalue weighted by Gasteiger charge is 2.35. The first-order valence-electron chi connectivity index (χ1n) is 5.02. The van der Waals surface area contributed by atoms with E-state index in [0.717, 1.165) is 18.4 Å². The largest absolute Gasteiger partial charge is 0.381 e. The smallest absolute Gasteiger partial charge is 0.0880 e. The molecule has 1 fully saturated rings. The summed E-state index contributed by atoms with van der Waals surface area (Å²) in [5, 5.41) is 10.0. The van der Waals surface area contributed by atoms with Crippen LogP contribution in [0.15, 0.2) is 24.3 Å². The predicted octanol–water partition coefficient (Wildman–Crippen LogP) is 2.91. The van der Waals surface area contributed by atoms with Gasteiger partial charge in [-0.2, -0.15) is 5.26 Å². The normalized spacial score (nSPS) is 19.5. The molecule has 2 nitrogen and oxygen atoms in total. The Hall–Kier alpha value is -1.04. The molecular formula is C12H12ClNO. The molecule has 0 bridgehead atoms. The zero-order chi connectivity index (χ0) is 10.7. The molecule has 0 spiro atoms. The van der Waals surface area contributed by atoms with Crippen molar-refractivity contribution < 1.29 is 4.74 Å². The lowest BCUT2D eigenvalue weighted by atomic mass is 9.75. The molecule has 0 amide bonds. The maximum Gasteiger partial charge on any atom is 0.0880 e. The van der Waals surface area contributed by atoms with Crippen LogP contribution in [0.1, 0.15) is 18.4 Å². The molecule has 0 aromatic heterocycles. The molecule has 1 saturated heterocycles. The number of rotatable bonds is 1. The third-order valence-corrected chi connectivity index (χ3v) is 3.28. The van der Waals surface area contributed by atoms with Gasteiger partial charge in [-0.05, 0) is 24.5 Å². The SMILES string of the molecule is N#CC1(c2ccccc2Cl)CCOCC1. The Morgan fingerprint density at radius 3 is 2.53 bits per heavy atom. The van der Waals surface area contributed by atoms with E-state index >= 15 is 0 Å². The molecule has 0 radical (unpaired) electrons. The van der Waals surface area contributed by atoms with Crippen molar-refractivity contribution in [2.75, 3.05) is 13.2 Å². The number of hydrogen-bond donors (Lipinski definition) is 0. The number of benzene rings is 1. The van der Waals surface area contributed by atoms with Gasteiger partial charge in [0, 0.05) is 18.2 Å². The summed E-state index contributed by atoms with van der Waals surface area (Å²) in [6.07, 6.45) is 1.46. The summed E-state index contributed by atoms with van der Waals surface area (Å²) >= 11 is 6.13. The average molecular weight is 222 g/mol. The monoisotopic (exact) mass is 221 g/mol. The fraction of sp³-hybridized carbons (Fsp3) is 0.417.